The minimum Gasteiger partial charge on any atom is -0.497 e. The van der Waals surface area contributed by atoms with Gasteiger partial charge in [0.05, 0.1) is 7.11 Å². The Hall–Kier alpha value is -2.86. The summed E-state index contributed by atoms with van der Waals surface area (Å²) in [7, 11) is 1.57. The fraction of sp³-hybridized carbons (Fsp3) is 0.222. The summed E-state index contributed by atoms with van der Waals surface area (Å²) in [6.45, 7) is 0.385. The summed E-state index contributed by atoms with van der Waals surface area (Å²) < 4.78 is 5.05. The second-order valence-electron chi connectivity index (χ2n) is 5.38. The van der Waals surface area contributed by atoms with Gasteiger partial charge in [0.2, 0.25) is 0 Å². The van der Waals surface area contributed by atoms with E-state index in [0.717, 1.165) is 11.1 Å². The first-order valence-electron chi connectivity index (χ1n) is 7.48. The van der Waals surface area contributed by atoms with Crippen LogP contribution in [0.1, 0.15) is 21.5 Å². The van der Waals surface area contributed by atoms with Crippen LogP contribution in [0.2, 0.25) is 0 Å². The summed E-state index contributed by atoms with van der Waals surface area (Å²) in [6.07, 6.45) is 0.272. The molecule has 1 amide bonds. The van der Waals surface area contributed by atoms with Crippen molar-refractivity contribution in [2.45, 2.75) is 19.0 Å². The Morgan fingerprint density at radius 1 is 1.08 bits per heavy atom. The highest BCUT2D eigenvalue weighted by Gasteiger charge is 2.12. The summed E-state index contributed by atoms with van der Waals surface area (Å²) >= 11 is 0. The van der Waals surface area contributed by atoms with Crippen LogP contribution in [-0.4, -0.2) is 30.1 Å². The second-order valence-corrected chi connectivity index (χ2v) is 5.38. The molecule has 0 unspecified atom stereocenters. The molecular weight excluding hydrogens is 308 g/mol. The van der Waals surface area contributed by atoms with Gasteiger partial charge in [-0.1, -0.05) is 24.3 Å². The standard InChI is InChI=1S/C18H20N2O4/c1-24-15-8-6-14(7-9-15)17(21)20-11-13-4-2-12(3-5-13)10-16(19)18(22)23/h2-9,16H,10-11,19H2,1H3,(H,20,21)(H,22,23)/t16-/m0/s1. The molecule has 6 nitrogen and oxygen atoms in total. The molecular formula is C18H20N2O4. The molecule has 24 heavy (non-hydrogen) atoms. The Bertz CT molecular complexity index is 696. The number of nitrogens with one attached hydrogen (secondary N) is 1. The third kappa shape index (κ3) is 4.82. The second kappa shape index (κ2) is 8.12. The van der Waals surface area contributed by atoms with Crippen molar-refractivity contribution in [1.29, 1.82) is 0 Å². The molecule has 2 rings (SSSR count). The molecule has 2 aromatic rings. The van der Waals surface area contributed by atoms with Gasteiger partial charge in [0.1, 0.15) is 11.8 Å². The number of amides is 1. The highest BCUT2D eigenvalue weighted by molar-refractivity contribution is 5.94. The summed E-state index contributed by atoms with van der Waals surface area (Å²) in [5, 5.41) is 11.6. The number of carbonyl (C=O) groups excluding carboxylic acids is 1. The number of ether oxygens (including phenoxy) is 1. The van der Waals surface area contributed by atoms with Crippen LogP contribution < -0.4 is 15.8 Å². The minimum atomic E-state index is -1.02. The van der Waals surface area contributed by atoms with Crippen molar-refractivity contribution in [1.82, 2.24) is 5.32 Å². The van der Waals surface area contributed by atoms with Gasteiger partial charge < -0.3 is 20.9 Å². The van der Waals surface area contributed by atoms with Crippen molar-refractivity contribution in [3.05, 3.63) is 65.2 Å². The van der Waals surface area contributed by atoms with Gasteiger partial charge >= 0.3 is 5.97 Å². The third-order valence-electron chi connectivity index (χ3n) is 3.60. The Kier molecular flexibility index (Phi) is 5.92. The maximum atomic E-state index is 12.1. The average Bonchev–Trinajstić information content (AvgIpc) is 2.60. The molecule has 0 aliphatic heterocycles. The number of methoxy groups -OCH3 is 1. The maximum Gasteiger partial charge on any atom is 0.320 e. The van der Waals surface area contributed by atoms with E-state index in [0.29, 0.717) is 17.9 Å². The minimum absolute atomic E-state index is 0.172. The lowest BCUT2D eigenvalue weighted by Gasteiger charge is -2.09. The van der Waals surface area contributed by atoms with Gasteiger partial charge in [-0.25, -0.2) is 0 Å². The van der Waals surface area contributed by atoms with Crippen molar-refractivity contribution in [3.63, 3.8) is 0 Å². The molecule has 126 valence electrons. The number of rotatable bonds is 7. The lowest BCUT2D eigenvalue weighted by molar-refractivity contribution is -0.138. The molecule has 0 radical (unpaired) electrons. The lowest BCUT2D eigenvalue weighted by Crippen LogP contribution is -2.32. The average molecular weight is 328 g/mol. The van der Waals surface area contributed by atoms with Crippen LogP contribution in [0.3, 0.4) is 0 Å². The summed E-state index contributed by atoms with van der Waals surface area (Å²) in [5.74, 6) is -0.498. The van der Waals surface area contributed by atoms with Crippen LogP contribution in [0.25, 0.3) is 0 Å². The highest BCUT2D eigenvalue weighted by Crippen LogP contribution is 2.11. The predicted molar refractivity (Wildman–Crippen MR) is 89.9 cm³/mol. The van der Waals surface area contributed by atoms with E-state index < -0.39 is 12.0 Å². The Balaban J connectivity index is 1.89. The summed E-state index contributed by atoms with van der Waals surface area (Å²) in [6, 6.07) is 13.3. The van der Waals surface area contributed by atoms with Crippen LogP contribution in [0.5, 0.6) is 5.75 Å². The molecule has 2 aromatic carbocycles. The molecule has 0 aliphatic rings. The van der Waals surface area contributed by atoms with E-state index >= 15 is 0 Å². The van der Waals surface area contributed by atoms with Crippen LogP contribution in [-0.2, 0) is 17.8 Å². The molecule has 0 aliphatic carbocycles. The van der Waals surface area contributed by atoms with E-state index in [1.807, 2.05) is 24.3 Å². The van der Waals surface area contributed by atoms with Crippen molar-refractivity contribution in [3.8, 4) is 5.75 Å². The number of carboxylic acid groups (broad SMARTS) is 1. The Labute approximate surface area is 140 Å². The van der Waals surface area contributed by atoms with Crippen molar-refractivity contribution < 1.29 is 19.4 Å². The van der Waals surface area contributed by atoms with Gasteiger partial charge in [0, 0.05) is 12.1 Å². The Morgan fingerprint density at radius 3 is 2.21 bits per heavy atom. The third-order valence-corrected chi connectivity index (χ3v) is 3.60. The molecule has 0 saturated heterocycles. The first kappa shape index (κ1) is 17.5. The van der Waals surface area contributed by atoms with Crippen molar-refractivity contribution in [2.24, 2.45) is 5.73 Å². The fourth-order valence-electron chi connectivity index (χ4n) is 2.16. The molecule has 0 fully saturated rings. The molecule has 1 atom stereocenters. The van der Waals surface area contributed by atoms with Crippen molar-refractivity contribution >= 4 is 11.9 Å². The van der Waals surface area contributed by atoms with Gasteiger partial charge in [-0.15, -0.1) is 0 Å². The Morgan fingerprint density at radius 2 is 1.67 bits per heavy atom. The highest BCUT2D eigenvalue weighted by atomic mass is 16.5. The number of benzene rings is 2. The fourth-order valence-corrected chi connectivity index (χ4v) is 2.16. The van der Waals surface area contributed by atoms with E-state index in [2.05, 4.69) is 5.32 Å². The van der Waals surface area contributed by atoms with Crippen LogP contribution in [0.15, 0.2) is 48.5 Å². The van der Waals surface area contributed by atoms with Gasteiger partial charge in [0.15, 0.2) is 0 Å². The number of carboxylic acids is 1. The molecule has 6 heteroatoms. The molecule has 0 bridgehead atoms. The van der Waals surface area contributed by atoms with Gasteiger partial charge in [-0.2, -0.15) is 0 Å². The van der Waals surface area contributed by atoms with E-state index in [4.69, 9.17) is 15.6 Å². The maximum absolute atomic E-state index is 12.1. The first-order chi connectivity index (χ1) is 11.5. The van der Waals surface area contributed by atoms with Crippen LogP contribution in [0, 0.1) is 0 Å². The topological polar surface area (TPSA) is 102 Å². The number of carbonyl (C=O) groups is 2. The number of aliphatic carboxylic acids is 1. The molecule has 0 saturated carbocycles. The van der Waals surface area contributed by atoms with E-state index in [9.17, 15) is 9.59 Å². The smallest absolute Gasteiger partial charge is 0.320 e. The zero-order valence-electron chi connectivity index (χ0n) is 13.4. The molecule has 0 heterocycles. The largest absolute Gasteiger partial charge is 0.497 e. The van der Waals surface area contributed by atoms with Crippen molar-refractivity contribution in [2.75, 3.05) is 7.11 Å². The zero-order chi connectivity index (χ0) is 17.5. The quantitative estimate of drug-likeness (QED) is 0.716. The van der Waals surface area contributed by atoms with E-state index in [1.54, 1.807) is 31.4 Å². The number of hydrogen-bond donors (Lipinski definition) is 3. The number of nitrogens with two attached hydrogens (primary N) is 1. The predicted octanol–water partition coefficient (Wildman–Crippen LogP) is 1.58. The number of hydrogen-bond acceptors (Lipinski definition) is 4. The van der Waals surface area contributed by atoms with E-state index in [-0.39, 0.29) is 12.3 Å². The van der Waals surface area contributed by atoms with Gasteiger partial charge in [0.25, 0.3) is 5.91 Å². The zero-order valence-corrected chi connectivity index (χ0v) is 13.4. The molecule has 4 N–H and O–H groups in total. The van der Waals surface area contributed by atoms with Gasteiger partial charge in [-0.05, 0) is 41.8 Å². The first-order valence-corrected chi connectivity index (χ1v) is 7.48. The molecule has 0 aromatic heterocycles. The van der Waals surface area contributed by atoms with Crippen LogP contribution >= 0.6 is 0 Å². The van der Waals surface area contributed by atoms with Gasteiger partial charge in [-0.3, -0.25) is 9.59 Å². The normalized spacial score (nSPS) is 11.6. The molecule has 0 spiro atoms. The lowest BCUT2D eigenvalue weighted by atomic mass is 10.0. The summed E-state index contributed by atoms with van der Waals surface area (Å²) in [4.78, 5) is 22.8. The SMILES string of the molecule is COc1ccc(C(=O)NCc2ccc(C[C@H](N)C(=O)O)cc2)cc1. The van der Waals surface area contributed by atoms with E-state index in [1.165, 1.54) is 0 Å². The van der Waals surface area contributed by atoms with Crippen LogP contribution in [0.4, 0.5) is 0 Å². The summed E-state index contributed by atoms with van der Waals surface area (Å²) in [5.41, 5.74) is 7.82. The monoisotopic (exact) mass is 328 g/mol.